The lowest BCUT2D eigenvalue weighted by molar-refractivity contribution is 0.285. The van der Waals surface area contributed by atoms with Crippen LogP contribution in [0.4, 0.5) is 11.5 Å². The zero-order valence-corrected chi connectivity index (χ0v) is 10.1. The van der Waals surface area contributed by atoms with Crippen molar-refractivity contribution in [1.29, 1.82) is 0 Å². The van der Waals surface area contributed by atoms with Crippen LogP contribution in [0.15, 0.2) is 6.20 Å². The number of nitrogen functional groups attached to an aromatic ring is 1. The molecule has 0 amide bonds. The normalized spacial score (nSPS) is 18.3. The summed E-state index contributed by atoms with van der Waals surface area (Å²) in [7, 11) is 4.28. The zero-order valence-electron chi connectivity index (χ0n) is 10.1. The van der Waals surface area contributed by atoms with Crippen LogP contribution < -0.4 is 10.6 Å². The van der Waals surface area contributed by atoms with Crippen LogP contribution in [0, 0.1) is 5.92 Å². The number of aromatic nitrogens is 2. The third-order valence-electron chi connectivity index (χ3n) is 3.23. The third kappa shape index (κ3) is 2.47. The lowest BCUT2D eigenvalue weighted by Gasteiger charge is -2.34. The zero-order chi connectivity index (χ0) is 11.5. The molecule has 1 aliphatic rings. The van der Waals surface area contributed by atoms with Crippen molar-refractivity contribution >= 4 is 11.5 Å². The van der Waals surface area contributed by atoms with E-state index in [1.807, 2.05) is 6.20 Å². The first-order chi connectivity index (χ1) is 7.66. The van der Waals surface area contributed by atoms with Gasteiger partial charge in [-0.15, -0.1) is 0 Å². The highest BCUT2D eigenvalue weighted by molar-refractivity contribution is 5.62. The minimum atomic E-state index is 0.686. The number of nitrogens with zero attached hydrogens (tertiary/aromatic N) is 3. The van der Waals surface area contributed by atoms with E-state index in [2.05, 4.69) is 34.1 Å². The highest BCUT2D eigenvalue weighted by Crippen LogP contribution is 2.26. The van der Waals surface area contributed by atoms with Crippen molar-refractivity contribution in [2.45, 2.75) is 12.8 Å². The molecule has 0 saturated carbocycles. The maximum Gasteiger partial charge on any atom is 0.142 e. The fourth-order valence-electron chi connectivity index (χ4n) is 2.41. The van der Waals surface area contributed by atoms with Gasteiger partial charge in [-0.25, -0.2) is 0 Å². The SMILES string of the molecule is CN(C)CC1CCN(c2cn[nH]c2N)CC1. The molecular formula is C11H21N5. The standard InChI is InChI=1S/C11H21N5/c1-15(2)8-9-3-5-16(6-4-9)10-7-13-14-11(10)12/h7,9H,3-6,8H2,1-2H3,(H3,12,13,14). The highest BCUT2D eigenvalue weighted by atomic mass is 15.2. The van der Waals surface area contributed by atoms with Crippen LogP contribution >= 0.6 is 0 Å². The molecule has 1 aromatic rings. The maximum atomic E-state index is 5.82. The second kappa shape index (κ2) is 4.74. The summed E-state index contributed by atoms with van der Waals surface area (Å²) in [5.74, 6) is 1.51. The van der Waals surface area contributed by atoms with Crippen molar-refractivity contribution in [1.82, 2.24) is 15.1 Å². The van der Waals surface area contributed by atoms with Crippen molar-refractivity contribution < 1.29 is 0 Å². The van der Waals surface area contributed by atoms with Crippen LogP contribution in [0.5, 0.6) is 0 Å². The second-order valence-corrected chi connectivity index (χ2v) is 4.86. The van der Waals surface area contributed by atoms with Crippen LogP contribution in [0.2, 0.25) is 0 Å². The summed E-state index contributed by atoms with van der Waals surface area (Å²) < 4.78 is 0. The molecule has 5 heteroatoms. The summed E-state index contributed by atoms with van der Waals surface area (Å²) in [5.41, 5.74) is 6.88. The number of piperidine rings is 1. The Labute approximate surface area is 96.6 Å². The summed E-state index contributed by atoms with van der Waals surface area (Å²) in [5, 5.41) is 6.75. The number of nitrogens with two attached hydrogens (primary N) is 1. The molecule has 0 unspecified atom stereocenters. The number of rotatable bonds is 3. The predicted octanol–water partition coefficient (Wildman–Crippen LogP) is 0.770. The van der Waals surface area contributed by atoms with Gasteiger partial charge in [-0.3, -0.25) is 5.10 Å². The topological polar surface area (TPSA) is 61.2 Å². The van der Waals surface area contributed by atoms with Gasteiger partial charge in [-0.2, -0.15) is 5.10 Å². The third-order valence-corrected chi connectivity index (χ3v) is 3.23. The molecule has 0 bridgehead atoms. The summed E-state index contributed by atoms with van der Waals surface area (Å²) in [6.45, 7) is 3.36. The average Bonchev–Trinajstić information content (AvgIpc) is 2.65. The number of aromatic amines is 1. The monoisotopic (exact) mass is 223 g/mol. The molecule has 0 radical (unpaired) electrons. The second-order valence-electron chi connectivity index (χ2n) is 4.86. The molecule has 0 aromatic carbocycles. The van der Waals surface area contributed by atoms with E-state index in [1.165, 1.54) is 19.4 Å². The molecule has 5 nitrogen and oxygen atoms in total. The molecule has 1 aromatic heterocycles. The van der Waals surface area contributed by atoms with Crippen LogP contribution in [-0.4, -0.2) is 48.8 Å². The van der Waals surface area contributed by atoms with E-state index in [9.17, 15) is 0 Å². The molecule has 16 heavy (non-hydrogen) atoms. The smallest absolute Gasteiger partial charge is 0.142 e. The van der Waals surface area contributed by atoms with Crippen LogP contribution in [-0.2, 0) is 0 Å². The molecule has 1 aliphatic heterocycles. The summed E-state index contributed by atoms with van der Waals surface area (Å²) in [6.07, 6.45) is 4.30. The molecule has 0 aliphatic carbocycles. The Morgan fingerprint density at radius 2 is 2.19 bits per heavy atom. The maximum absolute atomic E-state index is 5.82. The van der Waals surface area contributed by atoms with Crippen LogP contribution in [0.25, 0.3) is 0 Å². The van der Waals surface area contributed by atoms with Gasteiger partial charge in [0.2, 0.25) is 0 Å². The van der Waals surface area contributed by atoms with Gasteiger partial charge in [0.15, 0.2) is 0 Å². The minimum Gasteiger partial charge on any atom is -0.382 e. The quantitative estimate of drug-likeness (QED) is 0.794. The molecule has 1 saturated heterocycles. The van der Waals surface area contributed by atoms with Crippen molar-refractivity contribution in [3.63, 3.8) is 0 Å². The van der Waals surface area contributed by atoms with Gasteiger partial charge in [-0.1, -0.05) is 0 Å². The number of hydrogen-bond donors (Lipinski definition) is 2. The summed E-state index contributed by atoms with van der Waals surface area (Å²) in [4.78, 5) is 4.59. The Morgan fingerprint density at radius 3 is 2.69 bits per heavy atom. The Bertz CT molecular complexity index is 325. The van der Waals surface area contributed by atoms with E-state index in [0.29, 0.717) is 5.82 Å². The number of H-pyrrole nitrogens is 1. The van der Waals surface area contributed by atoms with Gasteiger partial charge in [-0.05, 0) is 32.9 Å². The lowest BCUT2D eigenvalue weighted by Crippen LogP contribution is -2.37. The van der Waals surface area contributed by atoms with Gasteiger partial charge in [0.25, 0.3) is 0 Å². The van der Waals surface area contributed by atoms with Crippen molar-refractivity contribution in [2.24, 2.45) is 5.92 Å². The largest absolute Gasteiger partial charge is 0.382 e. The van der Waals surface area contributed by atoms with Crippen LogP contribution in [0.3, 0.4) is 0 Å². The Balaban J connectivity index is 1.88. The van der Waals surface area contributed by atoms with E-state index in [-0.39, 0.29) is 0 Å². The van der Waals surface area contributed by atoms with Crippen molar-refractivity contribution in [2.75, 3.05) is 44.4 Å². The molecule has 90 valence electrons. The predicted molar refractivity (Wildman–Crippen MR) is 66.5 cm³/mol. The molecule has 1 fully saturated rings. The molecule has 2 heterocycles. The minimum absolute atomic E-state index is 0.686. The lowest BCUT2D eigenvalue weighted by atomic mass is 9.96. The van der Waals surface area contributed by atoms with E-state index >= 15 is 0 Å². The highest BCUT2D eigenvalue weighted by Gasteiger charge is 2.21. The molecular weight excluding hydrogens is 202 g/mol. The first kappa shape index (κ1) is 11.3. The van der Waals surface area contributed by atoms with E-state index in [4.69, 9.17) is 5.73 Å². The Hall–Kier alpha value is -1.23. The molecule has 3 N–H and O–H groups in total. The number of anilines is 2. The van der Waals surface area contributed by atoms with Crippen molar-refractivity contribution in [3.8, 4) is 0 Å². The fourth-order valence-corrected chi connectivity index (χ4v) is 2.41. The molecule has 2 rings (SSSR count). The van der Waals surface area contributed by atoms with Gasteiger partial charge in [0.05, 0.1) is 11.9 Å². The Kier molecular flexibility index (Phi) is 3.33. The van der Waals surface area contributed by atoms with Gasteiger partial charge >= 0.3 is 0 Å². The van der Waals surface area contributed by atoms with Gasteiger partial charge < -0.3 is 15.5 Å². The summed E-state index contributed by atoms with van der Waals surface area (Å²) in [6, 6.07) is 0. The first-order valence-electron chi connectivity index (χ1n) is 5.85. The van der Waals surface area contributed by atoms with Gasteiger partial charge in [0, 0.05) is 19.6 Å². The average molecular weight is 223 g/mol. The van der Waals surface area contributed by atoms with Crippen molar-refractivity contribution in [3.05, 3.63) is 6.20 Å². The van der Waals surface area contributed by atoms with Crippen LogP contribution in [0.1, 0.15) is 12.8 Å². The Morgan fingerprint density at radius 1 is 1.50 bits per heavy atom. The number of nitrogens with one attached hydrogen (secondary N) is 1. The fraction of sp³-hybridized carbons (Fsp3) is 0.727. The van der Waals surface area contributed by atoms with E-state index in [0.717, 1.165) is 24.7 Å². The summed E-state index contributed by atoms with van der Waals surface area (Å²) >= 11 is 0. The van der Waals surface area contributed by atoms with E-state index in [1.54, 1.807) is 0 Å². The first-order valence-corrected chi connectivity index (χ1v) is 5.85. The van der Waals surface area contributed by atoms with E-state index < -0.39 is 0 Å². The van der Waals surface area contributed by atoms with Gasteiger partial charge in [0.1, 0.15) is 5.82 Å². The molecule has 0 atom stereocenters. The number of hydrogen-bond acceptors (Lipinski definition) is 4. The molecule has 0 spiro atoms.